The Morgan fingerprint density at radius 1 is 1.67 bits per heavy atom. The fourth-order valence-electron chi connectivity index (χ4n) is 1.85. The van der Waals surface area contributed by atoms with Crippen LogP contribution in [0.5, 0.6) is 0 Å². The third kappa shape index (κ3) is 2.04. The van der Waals surface area contributed by atoms with Gasteiger partial charge < -0.3 is 9.72 Å². The summed E-state index contributed by atoms with van der Waals surface area (Å²) in [6.07, 6.45) is 6.02. The van der Waals surface area contributed by atoms with Gasteiger partial charge in [0.05, 0.1) is 7.11 Å². The van der Waals surface area contributed by atoms with Crippen LogP contribution in [0.15, 0.2) is 18.5 Å². The van der Waals surface area contributed by atoms with E-state index in [1.54, 1.807) is 0 Å². The zero-order valence-corrected chi connectivity index (χ0v) is 9.06. The molecular weight excluding hydrogens is 192 g/mol. The highest BCUT2D eigenvalue weighted by molar-refractivity contribution is 5.77. The van der Waals surface area contributed by atoms with Gasteiger partial charge in [0, 0.05) is 18.4 Å². The molecule has 0 spiro atoms. The lowest BCUT2D eigenvalue weighted by atomic mass is 10.1. The number of esters is 1. The minimum atomic E-state index is -0.270. The van der Waals surface area contributed by atoms with Gasteiger partial charge in [-0.3, -0.25) is 4.90 Å². The van der Waals surface area contributed by atoms with Gasteiger partial charge in [-0.1, -0.05) is 0 Å². The molecule has 0 bridgehead atoms. The van der Waals surface area contributed by atoms with Gasteiger partial charge in [-0.2, -0.15) is 0 Å². The van der Waals surface area contributed by atoms with E-state index in [4.69, 9.17) is 4.74 Å². The van der Waals surface area contributed by atoms with Gasteiger partial charge >= 0.3 is 5.97 Å². The Bertz CT molecular complexity index is 330. The van der Waals surface area contributed by atoms with Crippen molar-refractivity contribution in [3.05, 3.63) is 24.0 Å². The average Bonchev–Trinajstić information content (AvgIpc) is 2.97. The molecule has 1 unspecified atom stereocenters. The van der Waals surface area contributed by atoms with Crippen LogP contribution in [0.2, 0.25) is 0 Å². The third-order valence-corrected chi connectivity index (χ3v) is 2.89. The van der Waals surface area contributed by atoms with E-state index >= 15 is 0 Å². The number of H-pyrrole nitrogens is 1. The number of nitrogens with one attached hydrogen (secondary N) is 1. The van der Waals surface area contributed by atoms with Gasteiger partial charge in [0.15, 0.2) is 0 Å². The van der Waals surface area contributed by atoms with Gasteiger partial charge in [0.1, 0.15) is 6.04 Å². The number of nitrogens with zero attached hydrogens (tertiary/aromatic N) is 1. The largest absolute Gasteiger partial charge is 0.468 e. The van der Waals surface area contributed by atoms with Crippen LogP contribution in [0.1, 0.15) is 24.4 Å². The summed E-state index contributed by atoms with van der Waals surface area (Å²) >= 11 is 0. The molecule has 2 rings (SSSR count). The molecular formula is C11H16N2O2. The number of hydrogen-bond donors (Lipinski definition) is 1. The van der Waals surface area contributed by atoms with E-state index < -0.39 is 0 Å². The summed E-state index contributed by atoms with van der Waals surface area (Å²) in [5.74, 6) is -0.191. The molecule has 1 fully saturated rings. The second-order valence-corrected chi connectivity index (χ2v) is 3.97. The predicted molar refractivity (Wildman–Crippen MR) is 56.3 cm³/mol. The molecule has 15 heavy (non-hydrogen) atoms. The minimum absolute atomic E-state index is 0.191. The van der Waals surface area contributed by atoms with E-state index in [1.807, 2.05) is 25.5 Å². The fourth-order valence-corrected chi connectivity index (χ4v) is 1.85. The zero-order valence-electron chi connectivity index (χ0n) is 9.06. The molecule has 1 atom stereocenters. The molecule has 4 nitrogen and oxygen atoms in total. The SMILES string of the molecule is COC(=O)C(c1cc[nH]c1)N(C)C1CC1. The monoisotopic (exact) mass is 208 g/mol. The Morgan fingerprint density at radius 3 is 2.87 bits per heavy atom. The van der Waals surface area contributed by atoms with Crippen LogP contribution in [0.3, 0.4) is 0 Å². The molecule has 0 saturated heterocycles. The van der Waals surface area contributed by atoms with Crippen molar-refractivity contribution in [1.82, 2.24) is 9.88 Å². The van der Waals surface area contributed by atoms with Crippen molar-refractivity contribution >= 4 is 5.97 Å². The Morgan fingerprint density at radius 2 is 2.40 bits per heavy atom. The summed E-state index contributed by atoms with van der Waals surface area (Å²) in [4.78, 5) is 16.8. The second-order valence-electron chi connectivity index (χ2n) is 3.97. The molecule has 1 aliphatic carbocycles. The maximum Gasteiger partial charge on any atom is 0.327 e. The van der Waals surface area contributed by atoms with Crippen molar-refractivity contribution in [1.29, 1.82) is 0 Å². The maximum atomic E-state index is 11.7. The Kier molecular flexibility index (Phi) is 2.77. The maximum absolute atomic E-state index is 11.7. The number of methoxy groups -OCH3 is 1. The zero-order chi connectivity index (χ0) is 10.8. The van der Waals surface area contributed by atoms with E-state index in [-0.39, 0.29) is 12.0 Å². The lowest BCUT2D eigenvalue weighted by Crippen LogP contribution is -2.33. The fraction of sp³-hybridized carbons (Fsp3) is 0.545. The van der Waals surface area contributed by atoms with E-state index in [2.05, 4.69) is 9.88 Å². The molecule has 1 saturated carbocycles. The standard InChI is InChI=1S/C11H16N2O2/c1-13(9-3-4-9)10(11(14)15-2)8-5-6-12-7-8/h5-7,9-10,12H,3-4H2,1-2H3. The molecule has 1 N–H and O–H groups in total. The molecule has 1 heterocycles. The Labute approximate surface area is 89.2 Å². The summed E-state index contributed by atoms with van der Waals surface area (Å²) < 4.78 is 4.84. The molecule has 1 aromatic heterocycles. The van der Waals surface area contributed by atoms with Crippen molar-refractivity contribution in [2.24, 2.45) is 0 Å². The van der Waals surface area contributed by atoms with Crippen LogP contribution in [-0.2, 0) is 9.53 Å². The number of carbonyl (C=O) groups is 1. The summed E-state index contributed by atoms with van der Waals surface area (Å²) in [6.45, 7) is 0. The van der Waals surface area contributed by atoms with Crippen molar-refractivity contribution in [2.75, 3.05) is 14.2 Å². The van der Waals surface area contributed by atoms with Crippen LogP contribution in [-0.4, -0.2) is 36.1 Å². The summed E-state index contributed by atoms with van der Waals surface area (Å²) in [5, 5.41) is 0. The van der Waals surface area contributed by atoms with Gasteiger partial charge in [-0.05, 0) is 31.5 Å². The summed E-state index contributed by atoms with van der Waals surface area (Å²) in [7, 11) is 3.41. The number of ether oxygens (including phenoxy) is 1. The third-order valence-electron chi connectivity index (χ3n) is 2.89. The number of aromatic nitrogens is 1. The van der Waals surface area contributed by atoms with Gasteiger partial charge in [0.2, 0.25) is 0 Å². The van der Waals surface area contributed by atoms with E-state index in [0.29, 0.717) is 6.04 Å². The highest BCUT2D eigenvalue weighted by Gasteiger charge is 2.36. The first-order valence-corrected chi connectivity index (χ1v) is 5.16. The predicted octanol–water partition coefficient (Wildman–Crippen LogP) is 1.32. The van der Waals surface area contributed by atoms with Crippen LogP contribution in [0, 0.1) is 0 Å². The summed E-state index contributed by atoms with van der Waals surface area (Å²) in [6, 6.07) is 2.18. The molecule has 1 aliphatic rings. The quantitative estimate of drug-likeness (QED) is 0.759. The first-order chi connectivity index (χ1) is 7.24. The Balaban J connectivity index is 2.19. The number of carbonyl (C=O) groups excluding carboxylic acids is 1. The van der Waals surface area contributed by atoms with Gasteiger partial charge in [-0.15, -0.1) is 0 Å². The van der Waals surface area contributed by atoms with E-state index in [1.165, 1.54) is 20.0 Å². The topological polar surface area (TPSA) is 45.3 Å². The molecule has 1 aromatic rings. The van der Waals surface area contributed by atoms with Crippen LogP contribution in [0.25, 0.3) is 0 Å². The van der Waals surface area contributed by atoms with E-state index in [0.717, 1.165) is 5.56 Å². The first-order valence-electron chi connectivity index (χ1n) is 5.16. The normalized spacial score (nSPS) is 17.8. The second kappa shape index (κ2) is 4.06. The van der Waals surface area contributed by atoms with Crippen molar-refractivity contribution in [2.45, 2.75) is 24.9 Å². The van der Waals surface area contributed by atoms with Crippen LogP contribution in [0.4, 0.5) is 0 Å². The number of aromatic amines is 1. The number of hydrogen-bond acceptors (Lipinski definition) is 3. The number of likely N-dealkylation sites (N-methyl/N-ethyl adjacent to an activating group) is 1. The molecule has 0 amide bonds. The first kappa shape index (κ1) is 10.2. The molecule has 0 aliphatic heterocycles. The Hall–Kier alpha value is -1.29. The molecule has 82 valence electrons. The number of rotatable bonds is 4. The van der Waals surface area contributed by atoms with E-state index in [9.17, 15) is 4.79 Å². The van der Waals surface area contributed by atoms with Crippen molar-refractivity contribution in [3.63, 3.8) is 0 Å². The van der Waals surface area contributed by atoms with Crippen LogP contribution < -0.4 is 0 Å². The van der Waals surface area contributed by atoms with Gasteiger partial charge in [-0.25, -0.2) is 4.79 Å². The molecule has 0 aromatic carbocycles. The summed E-state index contributed by atoms with van der Waals surface area (Å²) in [5.41, 5.74) is 0.969. The smallest absolute Gasteiger partial charge is 0.327 e. The van der Waals surface area contributed by atoms with Crippen molar-refractivity contribution in [3.8, 4) is 0 Å². The lowest BCUT2D eigenvalue weighted by Gasteiger charge is -2.24. The lowest BCUT2D eigenvalue weighted by molar-refractivity contribution is -0.147. The molecule has 0 radical (unpaired) electrons. The average molecular weight is 208 g/mol. The molecule has 4 heteroatoms. The van der Waals surface area contributed by atoms with Gasteiger partial charge in [0.25, 0.3) is 0 Å². The minimum Gasteiger partial charge on any atom is -0.468 e. The van der Waals surface area contributed by atoms with Crippen molar-refractivity contribution < 1.29 is 9.53 Å². The highest BCUT2D eigenvalue weighted by atomic mass is 16.5. The van der Waals surface area contributed by atoms with Crippen LogP contribution >= 0.6 is 0 Å². The highest BCUT2D eigenvalue weighted by Crippen LogP contribution is 2.33.